The molecule has 6 nitrogen and oxygen atoms in total. The van der Waals surface area contributed by atoms with E-state index in [1.807, 2.05) is 0 Å². The second kappa shape index (κ2) is 7.53. The highest BCUT2D eigenvalue weighted by Crippen LogP contribution is 2.06. The number of carbonyl (C=O) groups is 3. The largest absolute Gasteiger partial charge is 0.345 e. The molecule has 0 aliphatic carbocycles. The summed E-state index contributed by atoms with van der Waals surface area (Å²) in [6.45, 7) is 1.12. The number of hydrogen-bond donors (Lipinski definition) is 2. The molecule has 0 radical (unpaired) electrons. The number of nitrogens with zero attached hydrogens (tertiary/aromatic N) is 1. The van der Waals surface area contributed by atoms with Crippen molar-refractivity contribution in [2.45, 2.75) is 12.8 Å². The molecule has 22 heavy (non-hydrogen) atoms. The number of hydrogen-bond acceptors (Lipinski definition) is 3. The van der Waals surface area contributed by atoms with Gasteiger partial charge in [-0.1, -0.05) is 6.07 Å². The van der Waals surface area contributed by atoms with Crippen molar-refractivity contribution in [2.75, 3.05) is 26.2 Å². The molecular weight excluding hydrogens is 289 g/mol. The molecule has 0 aromatic heterocycles. The Kier molecular flexibility index (Phi) is 5.46. The van der Waals surface area contributed by atoms with Gasteiger partial charge in [0, 0.05) is 18.7 Å². The van der Waals surface area contributed by atoms with Crippen molar-refractivity contribution in [2.24, 2.45) is 0 Å². The molecule has 1 aliphatic heterocycles. The molecule has 0 bridgehead atoms. The summed E-state index contributed by atoms with van der Waals surface area (Å²) in [6.07, 6.45) is 1.98. The van der Waals surface area contributed by atoms with E-state index in [2.05, 4.69) is 10.6 Å². The number of carbonyl (C=O) groups excluding carboxylic acids is 3. The van der Waals surface area contributed by atoms with E-state index in [9.17, 15) is 18.8 Å². The number of nitrogens with one attached hydrogen (secondary N) is 2. The Morgan fingerprint density at radius 1 is 1.09 bits per heavy atom. The Hall–Kier alpha value is -2.44. The van der Waals surface area contributed by atoms with Crippen LogP contribution in [-0.2, 0) is 9.59 Å². The van der Waals surface area contributed by atoms with Crippen molar-refractivity contribution >= 4 is 17.7 Å². The smallest absolute Gasteiger partial charge is 0.251 e. The summed E-state index contributed by atoms with van der Waals surface area (Å²) in [5.41, 5.74) is 0.140. The van der Waals surface area contributed by atoms with E-state index >= 15 is 0 Å². The van der Waals surface area contributed by atoms with Gasteiger partial charge in [0.25, 0.3) is 5.91 Å². The predicted octanol–water partition coefficient (Wildman–Crippen LogP) is 0.294. The molecule has 7 heteroatoms. The molecule has 0 unspecified atom stereocenters. The van der Waals surface area contributed by atoms with Crippen LogP contribution in [0.1, 0.15) is 23.2 Å². The highest BCUT2D eigenvalue weighted by Gasteiger charge is 2.18. The second-order valence-electron chi connectivity index (χ2n) is 5.06. The van der Waals surface area contributed by atoms with Crippen LogP contribution >= 0.6 is 0 Å². The first-order valence-electron chi connectivity index (χ1n) is 7.14. The lowest BCUT2D eigenvalue weighted by atomic mass is 10.2. The van der Waals surface area contributed by atoms with Crippen LogP contribution in [0.4, 0.5) is 4.39 Å². The summed E-state index contributed by atoms with van der Waals surface area (Å²) in [5.74, 6) is -1.64. The van der Waals surface area contributed by atoms with Crippen LogP contribution < -0.4 is 10.6 Å². The van der Waals surface area contributed by atoms with Crippen molar-refractivity contribution in [3.63, 3.8) is 0 Å². The Balaban J connectivity index is 1.71. The maximum absolute atomic E-state index is 13.0. The van der Waals surface area contributed by atoms with Gasteiger partial charge in [-0.15, -0.1) is 0 Å². The van der Waals surface area contributed by atoms with E-state index in [4.69, 9.17) is 0 Å². The maximum Gasteiger partial charge on any atom is 0.251 e. The van der Waals surface area contributed by atoms with Gasteiger partial charge in [0.05, 0.1) is 13.1 Å². The van der Waals surface area contributed by atoms with E-state index in [1.165, 1.54) is 18.2 Å². The highest BCUT2D eigenvalue weighted by atomic mass is 19.1. The van der Waals surface area contributed by atoms with Gasteiger partial charge < -0.3 is 15.5 Å². The Morgan fingerprint density at radius 2 is 1.82 bits per heavy atom. The third kappa shape index (κ3) is 4.54. The molecule has 0 atom stereocenters. The minimum Gasteiger partial charge on any atom is -0.345 e. The molecule has 1 aromatic carbocycles. The molecule has 0 saturated carbocycles. The van der Waals surface area contributed by atoms with Crippen LogP contribution in [0.3, 0.4) is 0 Å². The summed E-state index contributed by atoms with van der Waals surface area (Å²) in [7, 11) is 0. The van der Waals surface area contributed by atoms with Crippen molar-refractivity contribution < 1.29 is 18.8 Å². The topological polar surface area (TPSA) is 78.5 Å². The molecule has 3 amide bonds. The lowest BCUT2D eigenvalue weighted by Crippen LogP contribution is -2.42. The van der Waals surface area contributed by atoms with E-state index in [0.29, 0.717) is 0 Å². The summed E-state index contributed by atoms with van der Waals surface area (Å²) < 4.78 is 13.0. The fourth-order valence-electron chi connectivity index (χ4n) is 2.21. The molecule has 2 rings (SSSR count). The average molecular weight is 307 g/mol. The first-order valence-corrected chi connectivity index (χ1v) is 7.14. The summed E-state index contributed by atoms with van der Waals surface area (Å²) in [6, 6.07) is 5.18. The van der Waals surface area contributed by atoms with Crippen LogP contribution in [0.15, 0.2) is 24.3 Å². The minimum absolute atomic E-state index is 0.0747. The lowest BCUT2D eigenvalue weighted by molar-refractivity contribution is -0.131. The van der Waals surface area contributed by atoms with Crippen molar-refractivity contribution in [3.8, 4) is 0 Å². The standard InChI is InChI=1S/C15H18FN3O3/c16-12-5-3-4-11(8-12)15(22)18-9-13(20)17-10-14(21)19-6-1-2-7-19/h3-5,8H,1-2,6-7,9-10H2,(H,17,20)(H,18,22). The lowest BCUT2D eigenvalue weighted by Gasteiger charge is -2.15. The van der Waals surface area contributed by atoms with E-state index in [0.717, 1.165) is 32.0 Å². The van der Waals surface area contributed by atoms with Gasteiger partial charge in [0.15, 0.2) is 0 Å². The number of halogens is 1. The van der Waals surface area contributed by atoms with Crippen molar-refractivity contribution in [3.05, 3.63) is 35.6 Å². The van der Waals surface area contributed by atoms with Gasteiger partial charge in [-0.2, -0.15) is 0 Å². The first kappa shape index (κ1) is 15.9. The van der Waals surface area contributed by atoms with Crippen LogP contribution in [-0.4, -0.2) is 48.8 Å². The number of likely N-dealkylation sites (tertiary alicyclic amines) is 1. The maximum atomic E-state index is 13.0. The van der Waals surface area contributed by atoms with Crippen molar-refractivity contribution in [1.82, 2.24) is 15.5 Å². The van der Waals surface area contributed by atoms with Gasteiger partial charge >= 0.3 is 0 Å². The van der Waals surface area contributed by atoms with Gasteiger partial charge in [-0.05, 0) is 31.0 Å². The van der Waals surface area contributed by atoms with Gasteiger partial charge in [0.2, 0.25) is 11.8 Å². The monoisotopic (exact) mass is 307 g/mol. The summed E-state index contributed by atoms with van der Waals surface area (Å²) in [5, 5.41) is 4.84. The summed E-state index contributed by atoms with van der Waals surface area (Å²) >= 11 is 0. The molecule has 1 saturated heterocycles. The third-order valence-corrected chi connectivity index (χ3v) is 3.39. The summed E-state index contributed by atoms with van der Waals surface area (Å²) in [4.78, 5) is 36.7. The predicted molar refractivity (Wildman–Crippen MR) is 77.6 cm³/mol. The van der Waals surface area contributed by atoms with E-state index in [1.54, 1.807) is 4.90 Å². The van der Waals surface area contributed by atoms with Gasteiger partial charge in [-0.25, -0.2) is 4.39 Å². The number of rotatable bonds is 5. The number of benzene rings is 1. The molecule has 1 aromatic rings. The molecule has 1 heterocycles. The SMILES string of the molecule is O=C(CNC(=O)c1cccc(F)c1)NCC(=O)N1CCCC1. The van der Waals surface area contributed by atoms with Crippen LogP contribution in [0.25, 0.3) is 0 Å². The molecule has 2 N–H and O–H groups in total. The fraction of sp³-hybridized carbons (Fsp3) is 0.400. The number of amides is 3. The second-order valence-corrected chi connectivity index (χ2v) is 5.06. The van der Waals surface area contributed by atoms with Crippen LogP contribution in [0, 0.1) is 5.82 Å². The zero-order valence-corrected chi connectivity index (χ0v) is 12.1. The quantitative estimate of drug-likeness (QED) is 0.821. The van der Waals surface area contributed by atoms with Gasteiger partial charge in [0.1, 0.15) is 5.82 Å². The Labute approximate surface area is 127 Å². The average Bonchev–Trinajstić information content (AvgIpc) is 3.04. The fourth-order valence-corrected chi connectivity index (χ4v) is 2.21. The first-order chi connectivity index (χ1) is 10.6. The zero-order valence-electron chi connectivity index (χ0n) is 12.1. The van der Waals surface area contributed by atoms with E-state index < -0.39 is 17.6 Å². The van der Waals surface area contributed by atoms with Crippen LogP contribution in [0.2, 0.25) is 0 Å². The zero-order chi connectivity index (χ0) is 15.9. The Morgan fingerprint density at radius 3 is 2.50 bits per heavy atom. The van der Waals surface area contributed by atoms with Crippen LogP contribution in [0.5, 0.6) is 0 Å². The minimum atomic E-state index is -0.541. The molecule has 0 spiro atoms. The Bertz CT molecular complexity index is 571. The van der Waals surface area contributed by atoms with E-state index in [-0.39, 0.29) is 24.6 Å². The highest BCUT2D eigenvalue weighted by molar-refractivity contribution is 5.96. The van der Waals surface area contributed by atoms with Gasteiger partial charge in [-0.3, -0.25) is 14.4 Å². The molecule has 118 valence electrons. The normalized spacial score (nSPS) is 13.8. The van der Waals surface area contributed by atoms with Crippen molar-refractivity contribution in [1.29, 1.82) is 0 Å². The molecular formula is C15H18FN3O3. The third-order valence-electron chi connectivity index (χ3n) is 3.39. The molecule has 1 aliphatic rings. The molecule has 1 fully saturated rings.